The molecule has 1 aliphatic rings. The molecule has 0 radical (unpaired) electrons. The Morgan fingerprint density at radius 2 is 1.25 bits per heavy atom. The Labute approximate surface area is 247 Å². The number of hydrogen-bond donors (Lipinski definition) is 8. The van der Waals surface area contributed by atoms with Gasteiger partial charge in [0.2, 0.25) is 6.29 Å². The van der Waals surface area contributed by atoms with E-state index in [1.165, 1.54) is 6.08 Å². The highest BCUT2D eigenvalue weighted by molar-refractivity contribution is 5.92. The second-order valence-electron chi connectivity index (χ2n) is 9.40. The average molecular weight is 615 g/mol. The molecule has 1 aliphatic heterocycles. The first kappa shape index (κ1) is 31.4. The molecule has 15 heteroatoms. The number of carbonyl (C=O) groups excluding carboxylic acids is 3. The lowest BCUT2D eigenvalue weighted by Crippen LogP contribution is -2.61. The molecule has 1 saturated heterocycles. The molecule has 3 aromatic rings. The third-order valence-electron chi connectivity index (χ3n) is 6.32. The molecule has 44 heavy (non-hydrogen) atoms. The number of benzene rings is 3. The smallest absolute Gasteiger partial charge is 0.340 e. The Kier molecular flexibility index (Phi) is 9.43. The van der Waals surface area contributed by atoms with Gasteiger partial charge in [-0.1, -0.05) is 30.3 Å². The highest BCUT2D eigenvalue weighted by Gasteiger charge is 2.49. The van der Waals surface area contributed by atoms with Crippen LogP contribution < -0.4 is 0 Å². The van der Waals surface area contributed by atoms with Crippen molar-refractivity contribution in [3.05, 3.63) is 77.4 Å². The van der Waals surface area contributed by atoms with Gasteiger partial charge in [0.15, 0.2) is 40.6 Å². The van der Waals surface area contributed by atoms with Crippen molar-refractivity contribution in [3.8, 4) is 34.5 Å². The molecule has 1 fully saturated rings. The quantitative estimate of drug-likeness (QED) is 0.0763. The maximum atomic E-state index is 12.9. The first-order valence-corrected chi connectivity index (χ1v) is 12.7. The van der Waals surface area contributed by atoms with Crippen LogP contribution in [0.3, 0.4) is 0 Å². The highest BCUT2D eigenvalue weighted by atomic mass is 16.7. The van der Waals surface area contributed by atoms with E-state index in [1.54, 1.807) is 30.3 Å². The number of ether oxygens (including phenoxy) is 4. The van der Waals surface area contributed by atoms with Crippen LogP contribution in [-0.4, -0.2) is 96.1 Å². The van der Waals surface area contributed by atoms with Gasteiger partial charge in [0.25, 0.3) is 0 Å². The molecule has 8 N–H and O–H groups in total. The summed E-state index contributed by atoms with van der Waals surface area (Å²) in [7, 11) is 0. The lowest BCUT2D eigenvalue weighted by Gasteiger charge is -2.41. The Hall–Kier alpha value is -5.51. The molecule has 0 aromatic heterocycles. The Bertz CT molecular complexity index is 1520. The van der Waals surface area contributed by atoms with Crippen molar-refractivity contribution in [3.63, 3.8) is 0 Å². The van der Waals surface area contributed by atoms with Gasteiger partial charge in [-0.25, -0.2) is 14.4 Å². The van der Waals surface area contributed by atoms with Crippen LogP contribution in [0.4, 0.5) is 0 Å². The molecular formula is C29H26O15. The van der Waals surface area contributed by atoms with Gasteiger partial charge < -0.3 is 59.8 Å². The molecule has 0 amide bonds. The van der Waals surface area contributed by atoms with Crippen molar-refractivity contribution < 1.29 is 74.2 Å². The van der Waals surface area contributed by atoms with Gasteiger partial charge in [-0.3, -0.25) is 0 Å². The molecule has 5 atom stereocenters. The minimum Gasteiger partial charge on any atom is -0.504 e. The van der Waals surface area contributed by atoms with E-state index in [1.807, 2.05) is 0 Å². The van der Waals surface area contributed by atoms with Crippen molar-refractivity contribution in [2.24, 2.45) is 0 Å². The summed E-state index contributed by atoms with van der Waals surface area (Å²) in [6.07, 6.45) is -6.90. The van der Waals surface area contributed by atoms with Gasteiger partial charge in [0, 0.05) is 6.08 Å². The molecular weight excluding hydrogens is 588 g/mol. The molecule has 0 spiro atoms. The third-order valence-corrected chi connectivity index (χ3v) is 6.32. The third kappa shape index (κ3) is 7.09. The number of aliphatic hydroxyl groups excluding tert-OH is 2. The topological polar surface area (TPSA) is 250 Å². The summed E-state index contributed by atoms with van der Waals surface area (Å²) in [5.41, 5.74) is -0.279. The van der Waals surface area contributed by atoms with Crippen LogP contribution in [0.1, 0.15) is 26.3 Å². The maximum absolute atomic E-state index is 12.9. The van der Waals surface area contributed by atoms with E-state index in [9.17, 15) is 55.2 Å². The van der Waals surface area contributed by atoms with E-state index >= 15 is 0 Å². The standard InChI is InChI=1S/C29H26O15/c30-16-8-14(9-17(31)22(16)35)27(39)41-12-20-24(37)25(38)26(43-21(34)7-6-13-4-2-1-3-5-13)29(42-20)44-28(40)15-10-18(32)23(36)19(33)11-15/h1-11,20,24-26,29-33,35-38H,12H2/b7-6+/t20-,24+,25-,26+,29+/m0/s1. The normalized spacial score (nSPS) is 21.5. The van der Waals surface area contributed by atoms with Crippen LogP contribution in [0.2, 0.25) is 0 Å². The lowest BCUT2D eigenvalue weighted by atomic mass is 9.99. The van der Waals surface area contributed by atoms with Gasteiger partial charge in [0.05, 0.1) is 11.1 Å². The molecule has 4 rings (SSSR count). The van der Waals surface area contributed by atoms with E-state index in [2.05, 4.69) is 0 Å². The van der Waals surface area contributed by atoms with Gasteiger partial charge in [-0.05, 0) is 35.9 Å². The Morgan fingerprint density at radius 1 is 0.727 bits per heavy atom. The van der Waals surface area contributed by atoms with Crippen molar-refractivity contribution in [1.29, 1.82) is 0 Å². The van der Waals surface area contributed by atoms with Gasteiger partial charge in [0.1, 0.15) is 24.9 Å². The fourth-order valence-electron chi connectivity index (χ4n) is 4.02. The van der Waals surface area contributed by atoms with Crippen LogP contribution in [0.5, 0.6) is 34.5 Å². The minimum absolute atomic E-state index is 0.407. The first-order chi connectivity index (χ1) is 20.8. The molecule has 0 saturated carbocycles. The number of phenols is 6. The molecule has 0 aliphatic carbocycles. The van der Waals surface area contributed by atoms with E-state index in [0.717, 1.165) is 30.3 Å². The van der Waals surface area contributed by atoms with Crippen molar-refractivity contribution in [1.82, 2.24) is 0 Å². The summed E-state index contributed by atoms with van der Waals surface area (Å²) in [6, 6.07) is 11.6. The van der Waals surface area contributed by atoms with Crippen molar-refractivity contribution >= 4 is 24.0 Å². The molecule has 15 nitrogen and oxygen atoms in total. The second-order valence-corrected chi connectivity index (χ2v) is 9.40. The number of hydrogen-bond acceptors (Lipinski definition) is 15. The number of aliphatic hydroxyl groups is 2. The van der Waals surface area contributed by atoms with Gasteiger partial charge >= 0.3 is 17.9 Å². The summed E-state index contributed by atoms with van der Waals surface area (Å²) in [5.74, 6) is -8.69. The monoisotopic (exact) mass is 614 g/mol. The zero-order chi connectivity index (χ0) is 32.1. The summed E-state index contributed by atoms with van der Waals surface area (Å²) in [4.78, 5) is 37.9. The summed E-state index contributed by atoms with van der Waals surface area (Å²) in [6.45, 7) is -0.803. The fourth-order valence-corrected chi connectivity index (χ4v) is 4.02. The zero-order valence-corrected chi connectivity index (χ0v) is 22.4. The molecule has 232 valence electrons. The van der Waals surface area contributed by atoms with Crippen LogP contribution in [0.25, 0.3) is 6.08 Å². The molecule has 3 aromatic carbocycles. The number of esters is 3. The Morgan fingerprint density at radius 3 is 1.80 bits per heavy atom. The van der Waals surface area contributed by atoms with Crippen LogP contribution in [0, 0.1) is 0 Å². The number of phenolic OH excluding ortho intramolecular Hbond substituents is 6. The predicted molar refractivity (Wildman–Crippen MR) is 145 cm³/mol. The number of rotatable bonds is 8. The second kappa shape index (κ2) is 13.2. The molecule has 1 heterocycles. The summed E-state index contributed by atoms with van der Waals surface area (Å²) >= 11 is 0. The maximum Gasteiger partial charge on any atom is 0.340 e. The van der Waals surface area contributed by atoms with Crippen LogP contribution >= 0.6 is 0 Å². The zero-order valence-electron chi connectivity index (χ0n) is 22.4. The largest absolute Gasteiger partial charge is 0.504 e. The van der Waals surface area contributed by atoms with Crippen LogP contribution in [0.15, 0.2) is 60.7 Å². The van der Waals surface area contributed by atoms with Gasteiger partial charge in [-0.15, -0.1) is 0 Å². The highest BCUT2D eigenvalue weighted by Crippen LogP contribution is 2.37. The lowest BCUT2D eigenvalue weighted by molar-refractivity contribution is -0.288. The average Bonchev–Trinajstić information content (AvgIpc) is 3.00. The predicted octanol–water partition coefficient (Wildman–Crippen LogP) is 1.01. The van der Waals surface area contributed by atoms with E-state index in [4.69, 9.17) is 18.9 Å². The van der Waals surface area contributed by atoms with Crippen molar-refractivity contribution in [2.45, 2.75) is 30.7 Å². The van der Waals surface area contributed by atoms with E-state index in [-0.39, 0.29) is 0 Å². The molecule has 0 unspecified atom stereocenters. The summed E-state index contributed by atoms with van der Waals surface area (Å²) < 4.78 is 21.0. The fraction of sp³-hybridized carbons (Fsp3) is 0.207. The van der Waals surface area contributed by atoms with Gasteiger partial charge in [-0.2, -0.15) is 0 Å². The van der Waals surface area contributed by atoms with Crippen molar-refractivity contribution in [2.75, 3.05) is 6.61 Å². The Balaban J connectivity index is 1.54. The number of aromatic hydroxyl groups is 6. The van der Waals surface area contributed by atoms with Crippen LogP contribution in [-0.2, 0) is 23.7 Å². The first-order valence-electron chi connectivity index (χ1n) is 12.7. The van der Waals surface area contributed by atoms with E-state index in [0.29, 0.717) is 5.56 Å². The number of carbonyl (C=O) groups is 3. The SMILES string of the molecule is O=C(/C=C/c1ccccc1)O[C@H]1[C@@H](OC(=O)c2cc(O)c(O)c(O)c2)O[C@@H](COC(=O)c2cc(O)c(O)c(O)c2)[C@@H](O)[C@@H]1O. The van der Waals surface area contributed by atoms with E-state index < -0.39 is 101 Å². The summed E-state index contributed by atoms with van der Waals surface area (Å²) in [5, 5.41) is 79.3. The molecule has 0 bridgehead atoms. The minimum atomic E-state index is -1.98.